The van der Waals surface area contributed by atoms with E-state index in [0.29, 0.717) is 16.4 Å². The number of nitrogens with zero attached hydrogens (tertiary/aromatic N) is 1. The summed E-state index contributed by atoms with van der Waals surface area (Å²) in [5, 5.41) is 17.9. The molecule has 0 saturated carbocycles. The van der Waals surface area contributed by atoms with Crippen LogP contribution in [0.4, 0.5) is 17.1 Å². The maximum atomic E-state index is 12.4. The number of rotatable bonds is 6. The Bertz CT molecular complexity index is 992. The van der Waals surface area contributed by atoms with Crippen LogP contribution < -0.4 is 10.6 Å². The molecule has 3 aromatic carbocycles. The fraction of sp³-hybridized carbons (Fsp3) is 0.0952. The molecule has 0 aliphatic carbocycles. The summed E-state index contributed by atoms with van der Waals surface area (Å²) in [5.41, 5.74) is 1.94. The maximum Gasteiger partial charge on any atom is 0.293 e. The van der Waals surface area contributed by atoms with Gasteiger partial charge in [-0.05, 0) is 48.9 Å². The van der Waals surface area contributed by atoms with Gasteiger partial charge in [-0.25, -0.2) is 0 Å². The minimum absolute atomic E-state index is 0.131. The molecule has 0 aliphatic rings. The summed E-state index contributed by atoms with van der Waals surface area (Å²) in [6, 6.07) is 20.5. The third-order valence-corrected chi connectivity index (χ3v) is 4.48. The maximum absolute atomic E-state index is 12.4. The predicted molar refractivity (Wildman–Crippen MR) is 111 cm³/mol. The van der Waals surface area contributed by atoms with Crippen molar-refractivity contribution in [3.63, 3.8) is 0 Å². The Morgan fingerprint density at radius 3 is 2.36 bits per heavy atom. The molecule has 7 heteroatoms. The summed E-state index contributed by atoms with van der Waals surface area (Å²) < 4.78 is 0. The number of anilines is 2. The Morgan fingerprint density at radius 1 is 1.04 bits per heavy atom. The lowest BCUT2D eigenvalue weighted by atomic mass is 10.1. The molecule has 0 fully saturated rings. The Labute approximate surface area is 167 Å². The predicted octanol–water partition coefficient (Wildman–Crippen LogP) is 5.67. The van der Waals surface area contributed by atoms with Crippen LogP contribution in [0.15, 0.2) is 72.8 Å². The highest BCUT2D eigenvalue weighted by atomic mass is 35.5. The largest absolute Gasteiger partial charge is 0.373 e. The molecule has 28 heavy (non-hydrogen) atoms. The number of amides is 1. The van der Waals surface area contributed by atoms with E-state index in [1.165, 1.54) is 6.07 Å². The number of nitro groups is 1. The zero-order valence-corrected chi connectivity index (χ0v) is 15.8. The quantitative estimate of drug-likeness (QED) is 0.415. The van der Waals surface area contributed by atoms with Crippen molar-refractivity contribution in [2.45, 2.75) is 13.0 Å². The van der Waals surface area contributed by atoms with E-state index < -0.39 is 10.8 Å². The first-order chi connectivity index (χ1) is 13.4. The topological polar surface area (TPSA) is 84.3 Å². The molecule has 1 unspecified atom stereocenters. The second kappa shape index (κ2) is 8.54. The molecule has 3 rings (SSSR count). The van der Waals surface area contributed by atoms with Gasteiger partial charge in [-0.2, -0.15) is 0 Å². The van der Waals surface area contributed by atoms with Crippen LogP contribution in [0.3, 0.4) is 0 Å². The van der Waals surface area contributed by atoms with E-state index in [9.17, 15) is 14.9 Å². The molecule has 0 radical (unpaired) electrons. The SMILES string of the molecule is CC(Nc1ccc(C(=O)Nc2ccc(Cl)cc2)cc1[N+](=O)[O-])c1ccccc1. The highest BCUT2D eigenvalue weighted by Crippen LogP contribution is 2.29. The van der Waals surface area contributed by atoms with Crippen molar-refractivity contribution < 1.29 is 9.72 Å². The molecule has 3 aromatic rings. The van der Waals surface area contributed by atoms with Crippen molar-refractivity contribution in [3.05, 3.63) is 99.1 Å². The Hall–Kier alpha value is -3.38. The monoisotopic (exact) mass is 395 g/mol. The van der Waals surface area contributed by atoms with Gasteiger partial charge in [-0.15, -0.1) is 0 Å². The first-order valence-corrected chi connectivity index (χ1v) is 8.98. The van der Waals surface area contributed by atoms with E-state index >= 15 is 0 Å². The lowest BCUT2D eigenvalue weighted by Gasteiger charge is -2.16. The molecule has 6 nitrogen and oxygen atoms in total. The van der Waals surface area contributed by atoms with Gasteiger partial charge in [0.15, 0.2) is 0 Å². The Balaban J connectivity index is 1.81. The number of hydrogen-bond donors (Lipinski definition) is 2. The zero-order chi connectivity index (χ0) is 20.1. The van der Waals surface area contributed by atoms with E-state index in [2.05, 4.69) is 10.6 Å². The van der Waals surface area contributed by atoms with Gasteiger partial charge < -0.3 is 10.6 Å². The van der Waals surface area contributed by atoms with Gasteiger partial charge in [-0.1, -0.05) is 41.9 Å². The van der Waals surface area contributed by atoms with E-state index in [0.717, 1.165) is 5.56 Å². The summed E-state index contributed by atoms with van der Waals surface area (Å²) >= 11 is 5.83. The van der Waals surface area contributed by atoms with E-state index in [-0.39, 0.29) is 17.3 Å². The van der Waals surface area contributed by atoms with Crippen LogP contribution in [0.5, 0.6) is 0 Å². The smallest absolute Gasteiger partial charge is 0.293 e. The molecular weight excluding hydrogens is 378 g/mol. The number of halogens is 1. The molecule has 1 atom stereocenters. The number of nitro benzene ring substituents is 1. The highest BCUT2D eigenvalue weighted by molar-refractivity contribution is 6.30. The highest BCUT2D eigenvalue weighted by Gasteiger charge is 2.19. The standard InChI is InChI=1S/C21H18ClN3O3/c1-14(15-5-3-2-4-6-15)23-19-12-7-16(13-20(19)25(27)28)21(26)24-18-10-8-17(22)9-11-18/h2-14,23H,1H3,(H,24,26). The van der Waals surface area contributed by atoms with Crippen LogP contribution in [-0.4, -0.2) is 10.8 Å². The zero-order valence-electron chi connectivity index (χ0n) is 15.1. The van der Waals surface area contributed by atoms with Crippen LogP contribution in [0, 0.1) is 10.1 Å². The van der Waals surface area contributed by atoms with Crippen LogP contribution in [0.1, 0.15) is 28.9 Å². The summed E-state index contributed by atoms with van der Waals surface area (Å²) in [5.74, 6) is -0.437. The second-order valence-electron chi connectivity index (χ2n) is 6.23. The molecule has 142 valence electrons. The molecule has 1 amide bonds. The molecular formula is C21H18ClN3O3. The van der Waals surface area contributed by atoms with E-state index in [1.807, 2.05) is 37.3 Å². The Morgan fingerprint density at radius 2 is 1.71 bits per heavy atom. The average molecular weight is 396 g/mol. The summed E-state index contributed by atoms with van der Waals surface area (Å²) in [6.45, 7) is 1.92. The molecule has 0 bridgehead atoms. The third kappa shape index (κ3) is 4.66. The molecule has 2 N–H and O–H groups in total. The van der Waals surface area contributed by atoms with Crippen molar-refractivity contribution in [2.75, 3.05) is 10.6 Å². The third-order valence-electron chi connectivity index (χ3n) is 4.23. The van der Waals surface area contributed by atoms with Gasteiger partial charge in [0.1, 0.15) is 5.69 Å². The lowest BCUT2D eigenvalue weighted by molar-refractivity contribution is -0.384. The number of nitrogens with one attached hydrogen (secondary N) is 2. The van der Waals surface area contributed by atoms with Gasteiger partial charge in [-0.3, -0.25) is 14.9 Å². The first kappa shape index (κ1) is 19.4. The number of hydrogen-bond acceptors (Lipinski definition) is 4. The fourth-order valence-corrected chi connectivity index (χ4v) is 2.87. The number of benzene rings is 3. The van der Waals surface area contributed by atoms with Crippen LogP contribution >= 0.6 is 11.6 Å². The van der Waals surface area contributed by atoms with Crippen molar-refractivity contribution in [3.8, 4) is 0 Å². The number of carbonyl (C=O) groups excluding carboxylic acids is 1. The van der Waals surface area contributed by atoms with Crippen LogP contribution in [0.25, 0.3) is 0 Å². The van der Waals surface area contributed by atoms with Gasteiger partial charge in [0.25, 0.3) is 11.6 Å². The minimum atomic E-state index is -0.501. The molecule has 0 spiro atoms. The van der Waals surface area contributed by atoms with E-state index in [1.54, 1.807) is 36.4 Å². The van der Waals surface area contributed by atoms with Gasteiger partial charge in [0, 0.05) is 28.4 Å². The molecule has 0 saturated heterocycles. The normalized spacial score (nSPS) is 11.5. The lowest BCUT2D eigenvalue weighted by Crippen LogP contribution is -2.13. The molecule has 0 aliphatic heterocycles. The average Bonchev–Trinajstić information content (AvgIpc) is 2.70. The second-order valence-corrected chi connectivity index (χ2v) is 6.66. The summed E-state index contributed by atoms with van der Waals surface area (Å²) in [6.07, 6.45) is 0. The Kier molecular flexibility index (Phi) is 5.91. The van der Waals surface area contributed by atoms with Gasteiger partial charge in [0.2, 0.25) is 0 Å². The van der Waals surface area contributed by atoms with E-state index in [4.69, 9.17) is 11.6 Å². The fourth-order valence-electron chi connectivity index (χ4n) is 2.74. The van der Waals surface area contributed by atoms with Gasteiger partial charge in [0.05, 0.1) is 4.92 Å². The van der Waals surface area contributed by atoms with Crippen molar-refractivity contribution >= 4 is 34.6 Å². The van der Waals surface area contributed by atoms with Crippen LogP contribution in [0.2, 0.25) is 5.02 Å². The van der Waals surface area contributed by atoms with Crippen molar-refractivity contribution in [2.24, 2.45) is 0 Å². The van der Waals surface area contributed by atoms with Crippen molar-refractivity contribution in [1.29, 1.82) is 0 Å². The number of carbonyl (C=O) groups is 1. The van der Waals surface area contributed by atoms with Crippen molar-refractivity contribution in [1.82, 2.24) is 0 Å². The van der Waals surface area contributed by atoms with Crippen LogP contribution in [-0.2, 0) is 0 Å². The minimum Gasteiger partial charge on any atom is -0.373 e. The summed E-state index contributed by atoms with van der Waals surface area (Å²) in [7, 11) is 0. The molecule has 0 aromatic heterocycles. The summed E-state index contributed by atoms with van der Waals surface area (Å²) in [4.78, 5) is 23.5. The first-order valence-electron chi connectivity index (χ1n) is 8.61. The van der Waals surface area contributed by atoms with Gasteiger partial charge >= 0.3 is 0 Å². The molecule has 0 heterocycles.